The molecule has 1 aromatic carbocycles. The zero-order valence-electron chi connectivity index (χ0n) is 18.6. The van der Waals surface area contributed by atoms with Crippen molar-refractivity contribution in [2.45, 2.75) is 44.8 Å². The molecular weight excluding hydrogens is 463 g/mol. The van der Waals surface area contributed by atoms with E-state index in [-0.39, 0.29) is 24.8 Å². The molecule has 2 aliphatic heterocycles. The molecule has 3 rings (SSSR count). The van der Waals surface area contributed by atoms with Gasteiger partial charge in [-0.05, 0) is 25.8 Å². The van der Waals surface area contributed by atoms with Gasteiger partial charge < -0.3 is 18.1 Å². The van der Waals surface area contributed by atoms with Crippen molar-refractivity contribution in [1.82, 2.24) is 0 Å². The normalized spacial score (nSPS) is 25.6. The Morgan fingerprint density at radius 1 is 1.15 bits per heavy atom. The van der Waals surface area contributed by atoms with Gasteiger partial charge in [0.2, 0.25) is 0 Å². The number of fused-ring (bicyclic) bond motifs is 2. The molecule has 7 nitrogen and oxygen atoms in total. The number of rotatable bonds is 9. The summed E-state index contributed by atoms with van der Waals surface area (Å²) in [5.41, 5.74) is -4.71. The summed E-state index contributed by atoms with van der Waals surface area (Å²) in [6.45, 7) is 5.31. The van der Waals surface area contributed by atoms with Crippen LogP contribution < -0.4 is 0 Å². The number of piperidine rings is 1. The lowest BCUT2D eigenvalue weighted by molar-refractivity contribution is -0.955. The standard InChI is InChI=1S/C22H29F3NO6S/c1-3-26-12-17(10-11-18(26)15-30-14-16-8-6-5-7-9-16)20(19(13-26)21(27)31-4-2)32-33(28,29)22(23,24)25/h5-9,17-18H,3-4,10-15H2,1-2H3/q+1. The van der Waals surface area contributed by atoms with Gasteiger partial charge in [-0.3, -0.25) is 0 Å². The van der Waals surface area contributed by atoms with Crippen LogP contribution in [0.5, 0.6) is 0 Å². The summed E-state index contributed by atoms with van der Waals surface area (Å²) in [6.07, 6.45) is 0.979. The molecule has 0 saturated carbocycles. The van der Waals surface area contributed by atoms with E-state index in [1.54, 1.807) is 6.92 Å². The van der Waals surface area contributed by atoms with Crippen molar-refractivity contribution in [2.24, 2.45) is 5.92 Å². The molecule has 2 bridgehead atoms. The first-order chi connectivity index (χ1) is 15.5. The van der Waals surface area contributed by atoms with E-state index in [9.17, 15) is 26.4 Å². The van der Waals surface area contributed by atoms with E-state index >= 15 is 0 Å². The third-order valence-electron chi connectivity index (χ3n) is 6.40. The van der Waals surface area contributed by atoms with Crippen molar-refractivity contribution < 1.29 is 44.5 Å². The highest BCUT2D eigenvalue weighted by atomic mass is 32.2. The second kappa shape index (κ2) is 10.0. The molecule has 1 saturated heterocycles. The van der Waals surface area contributed by atoms with Crippen LogP contribution in [0.2, 0.25) is 0 Å². The number of alkyl halides is 3. The predicted molar refractivity (Wildman–Crippen MR) is 113 cm³/mol. The van der Waals surface area contributed by atoms with Gasteiger partial charge in [0.1, 0.15) is 23.9 Å². The smallest absolute Gasteiger partial charge is 0.462 e. The summed E-state index contributed by atoms with van der Waals surface area (Å²) in [5, 5.41) is 0. The first-order valence-electron chi connectivity index (χ1n) is 10.9. The number of carbonyl (C=O) groups excluding carboxylic acids is 1. The number of likely N-dealkylation sites (N-methyl/N-ethyl adjacent to an activating group) is 1. The van der Waals surface area contributed by atoms with Crippen LogP contribution in [0.3, 0.4) is 0 Å². The van der Waals surface area contributed by atoms with Gasteiger partial charge in [0.25, 0.3) is 0 Å². The molecule has 0 amide bonds. The van der Waals surface area contributed by atoms with Crippen LogP contribution in [0.15, 0.2) is 41.7 Å². The molecule has 0 aliphatic carbocycles. The third-order valence-corrected chi connectivity index (χ3v) is 7.37. The lowest BCUT2D eigenvalue weighted by Gasteiger charge is -2.52. The monoisotopic (exact) mass is 492 g/mol. The maximum absolute atomic E-state index is 13.0. The van der Waals surface area contributed by atoms with E-state index in [0.717, 1.165) is 5.56 Å². The van der Waals surface area contributed by atoms with Gasteiger partial charge in [0, 0.05) is 6.42 Å². The highest BCUT2D eigenvalue weighted by molar-refractivity contribution is 7.87. The second-order valence-corrected chi connectivity index (χ2v) is 9.89. The Morgan fingerprint density at radius 3 is 2.45 bits per heavy atom. The van der Waals surface area contributed by atoms with Gasteiger partial charge >= 0.3 is 21.6 Å². The molecule has 1 aromatic rings. The molecule has 0 spiro atoms. The molecule has 1 fully saturated rings. The molecule has 0 aromatic heterocycles. The van der Waals surface area contributed by atoms with Crippen molar-refractivity contribution in [3.63, 3.8) is 0 Å². The first-order valence-corrected chi connectivity index (χ1v) is 12.3. The summed E-state index contributed by atoms with van der Waals surface area (Å²) in [7, 11) is -5.90. The molecule has 33 heavy (non-hydrogen) atoms. The zero-order chi connectivity index (χ0) is 24.3. The Kier molecular flexibility index (Phi) is 7.75. The lowest BCUT2D eigenvalue weighted by Crippen LogP contribution is -2.65. The molecule has 3 atom stereocenters. The maximum atomic E-state index is 13.0. The minimum atomic E-state index is -5.90. The van der Waals surface area contributed by atoms with E-state index in [2.05, 4.69) is 4.18 Å². The molecular formula is C22H29F3NO6S+. The zero-order valence-corrected chi connectivity index (χ0v) is 19.5. The Morgan fingerprint density at radius 2 is 1.85 bits per heavy atom. The van der Waals surface area contributed by atoms with E-state index in [0.29, 0.717) is 43.6 Å². The number of hydrogen-bond donors (Lipinski definition) is 0. The number of hydrogen-bond acceptors (Lipinski definition) is 6. The van der Waals surface area contributed by atoms with Crippen LogP contribution in [0, 0.1) is 5.92 Å². The van der Waals surface area contributed by atoms with E-state index < -0.39 is 33.3 Å². The van der Waals surface area contributed by atoms with E-state index in [1.807, 2.05) is 37.3 Å². The van der Waals surface area contributed by atoms with Gasteiger partial charge in [0.05, 0.1) is 38.8 Å². The van der Waals surface area contributed by atoms with E-state index in [4.69, 9.17) is 9.47 Å². The Balaban J connectivity index is 1.87. The van der Waals surface area contributed by atoms with Crippen LogP contribution in [-0.4, -0.2) is 63.3 Å². The van der Waals surface area contributed by atoms with Crippen LogP contribution in [0.1, 0.15) is 32.3 Å². The first kappa shape index (κ1) is 25.5. The number of halogens is 3. The molecule has 2 aliphatic rings. The van der Waals surface area contributed by atoms with Gasteiger partial charge in [-0.25, -0.2) is 4.79 Å². The second-order valence-electron chi connectivity index (χ2n) is 8.35. The summed E-state index contributed by atoms with van der Waals surface area (Å²) in [4.78, 5) is 12.7. The van der Waals surface area contributed by atoms with Crippen molar-refractivity contribution >= 4 is 16.1 Å². The van der Waals surface area contributed by atoms with Crippen molar-refractivity contribution in [3.8, 4) is 0 Å². The van der Waals surface area contributed by atoms with Crippen LogP contribution in [0.25, 0.3) is 0 Å². The van der Waals surface area contributed by atoms with Gasteiger partial charge in [0.15, 0.2) is 0 Å². The average Bonchev–Trinajstić information content (AvgIpc) is 2.77. The molecule has 0 N–H and O–H groups in total. The number of carbonyl (C=O) groups is 1. The Hall–Kier alpha value is -2.11. The quantitative estimate of drug-likeness (QED) is 0.227. The largest absolute Gasteiger partial charge is 0.534 e. The number of quaternary nitrogens is 1. The summed E-state index contributed by atoms with van der Waals surface area (Å²) in [5.74, 6) is -1.92. The number of ether oxygens (including phenoxy) is 2. The van der Waals surface area contributed by atoms with Gasteiger partial charge in [-0.15, -0.1) is 0 Å². The van der Waals surface area contributed by atoms with Crippen LogP contribution >= 0.6 is 0 Å². The summed E-state index contributed by atoms with van der Waals surface area (Å²) in [6, 6.07) is 9.66. The number of benzene rings is 1. The fourth-order valence-electron chi connectivity index (χ4n) is 4.69. The van der Waals surface area contributed by atoms with E-state index in [1.165, 1.54) is 0 Å². The van der Waals surface area contributed by atoms with Crippen molar-refractivity contribution in [1.29, 1.82) is 0 Å². The molecule has 2 heterocycles. The van der Waals surface area contributed by atoms with Crippen LogP contribution in [0.4, 0.5) is 13.2 Å². The molecule has 184 valence electrons. The molecule has 11 heteroatoms. The fraction of sp³-hybridized carbons (Fsp3) is 0.591. The van der Waals surface area contributed by atoms with Crippen molar-refractivity contribution in [3.05, 3.63) is 47.2 Å². The molecule has 0 radical (unpaired) electrons. The minimum Gasteiger partial charge on any atom is -0.462 e. The topological polar surface area (TPSA) is 78.9 Å². The summed E-state index contributed by atoms with van der Waals surface area (Å²) < 4.78 is 78.4. The minimum absolute atomic E-state index is 0.000150. The van der Waals surface area contributed by atoms with Gasteiger partial charge in [-0.1, -0.05) is 30.3 Å². The lowest BCUT2D eigenvalue weighted by atomic mass is 9.82. The Bertz CT molecular complexity index is 980. The predicted octanol–water partition coefficient (Wildman–Crippen LogP) is 3.52. The summed E-state index contributed by atoms with van der Waals surface area (Å²) >= 11 is 0. The van der Waals surface area contributed by atoms with Crippen molar-refractivity contribution in [2.75, 3.05) is 32.8 Å². The number of nitrogens with zero attached hydrogens (tertiary/aromatic N) is 1. The highest BCUT2D eigenvalue weighted by Crippen LogP contribution is 2.42. The third kappa shape index (κ3) is 5.52. The van der Waals surface area contributed by atoms with Crippen LogP contribution in [-0.2, 0) is 35.2 Å². The number of esters is 1. The fourth-order valence-corrected chi connectivity index (χ4v) is 5.26. The Labute approximate surface area is 191 Å². The molecule has 3 unspecified atom stereocenters. The maximum Gasteiger partial charge on any atom is 0.534 e. The van der Waals surface area contributed by atoms with Gasteiger partial charge in [-0.2, -0.15) is 21.6 Å². The average molecular weight is 493 g/mol. The SMILES string of the molecule is CCOC(=O)C1=C(OS(=O)(=O)C(F)(F)F)C2CCC(COCc3ccccc3)[N+](CC)(C1)C2. The highest BCUT2D eigenvalue weighted by Gasteiger charge is 2.54.